The van der Waals surface area contributed by atoms with Crippen LogP contribution in [0.2, 0.25) is 0 Å². The molecule has 19 heavy (non-hydrogen) atoms. The summed E-state index contributed by atoms with van der Waals surface area (Å²) < 4.78 is 15.7. The van der Waals surface area contributed by atoms with Crippen molar-refractivity contribution in [2.45, 2.75) is 13.3 Å². The summed E-state index contributed by atoms with van der Waals surface area (Å²) in [5, 5.41) is 3.91. The second-order valence-corrected chi connectivity index (χ2v) is 3.92. The van der Waals surface area contributed by atoms with Gasteiger partial charge < -0.3 is 19.7 Å². The van der Waals surface area contributed by atoms with Gasteiger partial charge >= 0.3 is 0 Å². The second-order valence-electron chi connectivity index (χ2n) is 3.92. The molecule has 0 saturated carbocycles. The summed E-state index contributed by atoms with van der Waals surface area (Å²) in [6.07, 6.45) is 0.620. The van der Waals surface area contributed by atoms with E-state index in [1.54, 1.807) is 25.3 Å². The molecule has 0 spiro atoms. The van der Waals surface area contributed by atoms with Crippen LogP contribution in [0.3, 0.4) is 0 Å². The van der Waals surface area contributed by atoms with Crippen LogP contribution in [0.25, 0.3) is 11.5 Å². The summed E-state index contributed by atoms with van der Waals surface area (Å²) >= 11 is 0. The second kappa shape index (κ2) is 6.19. The summed E-state index contributed by atoms with van der Waals surface area (Å²) in [6.45, 7) is 3.20. The average Bonchev–Trinajstić information content (AvgIpc) is 2.87. The fourth-order valence-electron chi connectivity index (χ4n) is 1.66. The Labute approximate surface area is 111 Å². The largest absolute Gasteiger partial charge is 0.496 e. The summed E-state index contributed by atoms with van der Waals surface area (Å²) in [4.78, 5) is 4.31. The first-order valence-electron chi connectivity index (χ1n) is 6.08. The van der Waals surface area contributed by atoms with Gasteiger partial charge in [0.25, 0.3) is 5.89 Å². The van der Waals surface area contributed by atoms with E-state index in [1.807, 2.05) is 6.92 Å². The Bertz CT molecular complexity index is 540. The number of nitrogen functional groups attached to an aromatic ring is 1. The molecule has 1 aromatic heterocycles. The van der Waals surface area contributed by atoms with Crippen LogP contribution in [-0.2, 0) is 11.2 Å². The number of ether oxygens (including phenoxy) is 2. The van der Waals surface area contributed by atoms with Crippen LogP contribution in [0.4, 0.5) is 5.69 Å². The molecule has 0 aliphatic carbocycles. The summed E-state index contributed by atoms with van der Waals surface area (Å²) in [5.41, 5.74) is 7.05. The number of nitrogens with two attached hydrogens (primary N) is 1. The highest BCUT2D eigenvalue weighted by Crippen LogP contribution is 2.30. The molecule has 0 atom stereocenters. The first kappa shape index (κ1) is 13.4. The molecule has 0 fully saturated rings. The van der Waals surface area contributed by atoms with Crippen LogP contribution in [0.1, 0.15) is 12.7 Å². The van der Waals surface area contributed by atoms with Crippen molar-refractivity contribution in [2.24, 2.45) is 0 Å². The van der Waals surface area contributed by atoms with Gasteiger partial charge in [-0.05, 0) is 19.1 Å². The molecule has 2 rings (SSSR count). The molecule has 1 heterocycles. The Morgan fingerprint density at radius 1 is 1.37 bits per heavy atom. The highest BCUT2D eigenvalue weighted by Gasteiger charge is 2.13. The van der Waals surface area contributed by atoms with Crippen LogP contribution < -0.4 is 10.5 Å². The number of benzene rings is 1. The van der Waals surface area contributed by atoms with Gasteiger partial charge in [0, 0.05) is 24.8 Å². The fourth-order valence-corrected chi connectivity index (χ4v) is 1.66. The third-order valence-electron chi connectivity index (χ3n) is 2.60. The van der Waals surface area contributed by atoms with E-state index in [9.17, 15) is 0 Å². The van der Waals surface area contributed by atoms with E-state index in [0.29, 0.717) is 42.8 Å². The minimum Gasteiger partial charge on any atom is -0.496 e. The lowest BCUT2D eigenvalue weighted by atomic mass is 10.2. The Hall–Kier alpha value is -2.08. The fraction of sp³-hybridized carbons (Fsp3) is 0.385. The predicted octanol–water partition coefficient (Wildman–Crippen LogP) is 1.91. The topological polar surface area (TPSA) is 83.4 Å². The molecule has 1 aromatic carbocycles. The molecule has 0 radical (unpaired) electrons. The molecule has 2 N–H and O–H groups in total. The van der Waals surface area contributed by atoms with Crippen LogP contribution >= 0.6 is 0 Å². The number of nitrogens with zero attached hydrogens (tertiary/aromatic N) is 2. The SMILES string of the molecule is CCOCCc1noc(-c2ccc(N)cc2OC)n1. The predicted molar refractivity (Wildman–Crippen MR) is 70.9 cm³/mol. The van der Waals surface area contributed by atoms with Crippen LogP contribution in [0.15, 0.2) is 22.7 Å². The quantitative estimate of drug-likeness (QED) is 0.633. The average molecular weight is 263 g/mol. The number of rotatable bonds is 6. The van der Waals surface area contributed by atoms with E-state index in [-0.39, 0.29) is 0 Å². The molecule has 6 heteroatoms. The van der Waals surface area contributed by atoms with Gasteiger partial charge in [0.15, 0.2) is 5.82 Å². The van der Waals surface area contributed by atoms with E-state index in [1.165, 1.54) is 0 Å². The van der Waals surface area contributed by atoms with Crippen LogP contribution in [-0.4, -0.2) is 30.5 Å². The molecular formula is C13H17N3O3. The zero-order valence-corrected chi connectivity index (χ0v) is 11.0. The zero-order chi connectivity index (χ0) is 13.7. The minimum absolute atomic E-state index is 0.420. The molecule has 0 aliphatic rings. The van der Waals surface area contributed by atoms with Crippen molar-refractivity contribution >= 4 is 5.69 Å². The molecule has 0 amide bonds. The maximum Gasteiger partial charge on any atom is 0.261 e. The van der Waals surface area contributed by atoms with Gasteiger partial charge in [0.2, 0.25) is 0 Å². The van der Waals surface area contributed by atoms with Gasteiger partial charge in [-0.15, -0.1) is 0 Å². The van der Waals surface area contributed by atoms with Crippen LogP contribution in [0, 0.1) is 0 Å². The Kier molecular flexibility index (Phi) is 4.35. The van der Waals surface area contributed by atoms with E-state index in [2.05, 4.69) is 10.1 Å². The number of hydrogen-bond donors (Lipinski definition) is 1. The molecule has 2 aromatic rings. The number of anilines is 1. The molecule has 102 valence electrons. The lowest BCUT2D eigenvalue weighted by Crippen LogP contribution is -1.99. The van der Waals surface area contributed by atoms with E-state index >= 15 is 0 Å². The first-order chi connectivity index (χ1) is 9.24. The maximum atomic E-state index is 5.70. The van der Waals surface area contributed by atoms with E-state index in [0.717, 1.165) is 5.56 Å². The van der Waals surface area contributed by atoms with Gasteiger partial charge in [-0.2, -0.15) is 4.98 Å². The third kappa shape index (κ3) is 3.23. The number of aromatic nitrogens is 2. The molecule has 0 saturated heterocycles. The van der Waals surface area contributed by atoms with Gasteiger partial charge in [0.1, 0.15) is 5.75 Å². The van der Waals surface area contributed by atoms with Crippen LogP contribution in [0.5, 0.6) is 5.75 Å². The molecule has 0 aliphatic heterocycles. The van der Waals surface area contributed by atoms with E-state index in [4.69, 9.17) is 19.7 Å². The van der Waals surface area contributed by atoms with Gasteiger partial charge in [0.05, 0.1) is 19.3 Å². The first-order valence-corrected chi connectivity index (χ1v) is 6.08. The van der Waals surface area contributed by atoms with Crippen molar-refractivity contribution in [1.82, 2.24) is 10.1 Å². The summed E-state index contributed by atoms with van der Waals surface area (Å²) in [5.74, 6) is 1.64. The zero-order valence-electron chi connectivity index (χ0n) is 11.0. The Balaban J connectivity index is 2.18. The standard InChI is InChI=1S/C13H17N3O3/c1-3-18-7-6-12-15-13(19-16-12)10-5-4-9(14)8-11(10)17-2/h4-5,8H,3,6-7,14H2,1-2H3. The smallest absolute Gasteiger partial charge is 0.261 e. The van der Waals surface area contributed by atoms with Crippen molar-refractivity contribution in [2.75, 3.05) is 26.1 Å². The highest BCUT2D eigenvalue weighted by atomic mass is 16.5. The summed E-state index contributed by atoms with van der Waals surface area (Å²) in [7, 11) is 1.57. The highest BCUT2D eigenvalue weighted by molar-refractivity contribution is 5.66. The molecular weight excluding hydrogens is 246 g/mol. The van der Waals surface area contributed by atoms with Gasteiger partial charge in [-0.1, -0.05) is 5.16 Å². The molecule has 0 bridgehead atoms. The number of methoxy groups -OCH3 is 1. The van der Waals surface area contributed by atoms with Gasteiger partial charge in [-0.3, -0.25) is 0 Å². The van der Waals surface area contributed by atoms with Crippen molar-refractivity contribution in [3.63, 3.8) is 0 Å². The van der Waals surface area contributed by atoms with Crippen molar-refractivity contribution in [3.8, 4) is 17.2 Å². The summed E-state index contributed by atoms with van der Waals surface area (Å²) in [6, 6.07) is 5.29. The lowest BCUT2D eigenvalue weighted by Gasteiger charge is -2.05. The normalized spacial score (nSPS) is 10.6. The molecule has 0 unspecified atom stereocenters. The minimum atomic E-state index is 0.420. The van der Waals surface area contributed by atoms with Crippen molar-refractivity contribution in [1.29, 1.82) is 0 Å². The Morgan fingerprint density at radius 3 is 2.95 bits per heavy atom. The Morgan fingerprint density at radius 2 is 2.21 bits per heavy atom. The lowest BCUT2D eigenvalue weighted by molar-refractivity contribution is 0.149. The van der Waals surface area contributed by atoms with Crippen molar-refractivity contribution in [3.05, 3.63) is 24.0 Å². The molecule has 6 nitrogen and oxygen atoms in total. The third-order valence-corrected chi connectivity index (χ3v) is 2.60. The maximum absolute atomic E-state index is 5.70. The van der Waals surface area contributed by atoms with Crippen molar-refractivity contribution < 1.29 is 14.0 Å². The van der Waals surface area contributed by atoms with E-state index < -0.39 is 0 Å². The number of hydrogen-bond acceptors (Lipinski definition) is 6. The van der Waals surface area contributed by atoms with Gasteiger partial charge in [-0.25, -0.2) is 0 Å². The monoisotopic (exact) mass is 263 g/mol.